The fourth-order valence-corrected chi connectivity index (χ4v) is 3.56. The smallest absolute Gasteiger partial charge is 0.248 e. The summed E-state index contributed by atoms with van der Waals surface area (Å²) in [6.45, 7) is 1.36. The second-order valence-corrected chi connectivity index (χ2v) is 6.21. The molecule has 0 saturated carbocycles. The second-order valence-electron chi connectivity index (χ2n) is 6.21. The fourth-order valence-electron chi connectivity index (χ4n) is 3.56. The largest absolute Gasteiger partial charge is 0.352 e. The van der Waals surface area contributed by atoms with Gasteiger partial charge in [0.1, 0.15) is 5.83 Å². The number of benzene rings is 1. The Bertz CT molecular complexity index is 831. The summed E-state index contributed by atoms with van der Waals surface area (Å²) in [7, 11) is 1.91. The SMILES string of the molecule is CNCc1ccc(C2=C3CCNC(=O)C4=CC(F)=CC(=N2)[C@@H]43)cc1. The van der Waals surface area contributed by atoms with Gasteiger partial charge in [0.25, 0.3) is 0 Å². The molecule has 24 heavy (non-hydrogen) atoms. The average Bonchev–Trinajstić information content (AvgIpc) is 2.84. The number of hydrogen-bond donors (Lipinski definition) is 2. The maximum atomic E-state index is 13.9. The molecule has 5 heteroatoms. The Morgan fingerprint density at radius 2 is 2.08 bits per heavy atom. The number of nitrogens with one attached hydrogen (secondary N) is 2. The van der Waals surface area contributed by atoms with Crippen LogP contribution in [0.25, 0.3) is 5.70 Å². The zero-order chi connectivity index (χ0) is 16.7. The summed E-state index contributed by atoms with van der Waals surface area (Å²) in [4.78, 5) is 16.9. The lowest BCUT2D eigenvalue weighted by Crippen LogP contribution is -2.28. The molecule has 2 heterocycles. The Balaban J connectivity index is 1.80. The number of hydrogen-bond acceptors (Lipinski definition) is 3. The highest BCUT2D eigenvalue weighted by molar-refractivity contribution is 6.15. The summed E-state index contributed by atoms with van der Waals surface area (Å²) in [5.41, 5.74) is 5.27. The highest BCUT2D eigenvalue weighted by Gasteiger charge is 2.38. The van der Waals surface area contributed by atoms with Crippen molar-refractivity contribution in [1.82, 2.24) is 10.6 Å². The molecule has 1 saturated heterocycles. The Morgan fingerprint density at radius 1 is 1.29 bits per heavy atom. The van der Waals surface area contributed by atoms with Gasteiger partial charge < -0.3 is 10.6 Å². The van der Waals surface area contributed by atoms with Crippen molar-refractivity contribution < 1.29 is 9.18 Å². The van der Waals surface area contributed by atoms with Gasteiger partial charge in [-0.1, -0.05) is 24.3 Å². The summed E-state index contributed by atoms with van der Waals surface area (Å²) >= 11 is 0. The monoisotopic (exact) mass is 323 g/mol. The normalized spacial score (nSPS) is 22.3. The zero-order valence-corrected chi connectivity index (χ0v) is 13.4. The number of halogens is 1. The van der Waals surface area contributed by atoms with Crippen molar-refractivity contribution in [2.45, 2.75) is 13.0 Å². The Morgan fingerprint density at radius 3 is 2.83 bits per heavy atom. The van der Waals surface area contributed by atoms with E-state index in [1.54, 1.807) is 0 Å². The molecular formula is C19H18FN3O. The van der Waals surface area contributed by atoms with Crippen molar-refractivity contribution in [3.63, 3.8) is 0 Å². The van der Waals surface area contributed by atoms with Crippen molar-refractivity contribution in [2.75, 3.05) is 13.6 Å². The van der Waals surface area contributed by atoms with Crippen LogP contribution in [0.1, 0.15) is 17.5 Å². The number of carbonyl (C=O) groups is 1. The first-order valence-corrected chi connectivity index (χ1v) is 8.10. The first kappa shape index (κ1) is 15.0. The van der Waals surface area contributed by atoms with Crippen LogP contribution in [0, 0.1) is 5.92 Å². The van der Waals surface area contributed by atoms with E-state index in [1.165, 1.54) is 17.7 Å². The van der Waals surface area contributed by atoms with E-state index < -0.39 is 5.83 Å². The van der Waals surface area contributed by atoms with Gasteiger partial charge in [0.15, 0.2) is 0 Å². The van der Waals surface area contributed by atoms with Crippen LogP contribution in [-0.4, -0.2) is 25.2 Å². The van der Waals surface area contributed by atoms with Crippen molar-refractivity contribution >= 4 is 17.3 Å². The quantitative estimate of drug-likeness (QED) is 0.898. The van der Waals surface area contributed by atoms with Gasteiger partial charge in [0.2, 0.25) is 5.91 Å². The van der Waals surface area contributed by atoms with Crippen molar-refractivity contribution in [3.05, 3.63) is 64.5 Å². The molecule has 2 aliphatic heterocycles. The lowest BCUT2D eigenvalue weighted by molar-refractivity contribution is -0.117. The van der Waals surface area contributed by atoms with Crippen molar-refractivity contribution in [2.24, 2.45) is 10.9 Å². The van der Waals surface area contributed by atoms with Crippen LogP contribution in [0.3, 0.4) is 0 Å². The zero-order valence-electron chi connectivity index (χ0n) is 13.4. The Hall–Kier alpha value is -2.53. The molecule has 1 amide bonds. The van der Waals surface area contributed by atoms with E-state index >= 15 is 0 Å². The molecule has 122 valence electrons. The molecule has 2 N–H and O–H groups in total. The molecule has 1 aliphatic carbocycles. The summed E-state index contributed by atoms with van der Waals surface area (Å²) in [6, 6.07) is 8.21. The first-order valence-electron chi connectivity index (χ1n) is 8.10. The van der Waals surface area contributed by atoms with Crippen LogP contribution in [0.5, 0.6) is 0 Å². The molecule has 0 bridgehead atoms. The second kappa shape index (κ2) is 5.83. The number of nitrogens with zero attached hydrogens (tertiary/aromatic N) is 1. The van der Waals surface area contributed by atoms with Crippen LogP contribution in [0.2, 0.25) is 0 Å². The average molecular weight is 323 g/mol. The molecule has 0 unspecified atom stereocenters. The van der Waals surface area contributed by atoms with E-state index in [9.17, 15) is 9.18 Å². The molecule has 4 nitrogen and oxygen atoms in total. The third kappa shape index (κ3) is 2.41. The first-order chi connectivity index (χ1) is 11.7. The Kier molecular flexibility index (Phi) is 3.65. The molecule has 4 rings (SSSR count). The molecule has 1 aromatic carbocycles. The van der Waals surface area contributed by atoms with Gasteiger partial charge in [0, 0.05) is 24.2 Å². The highest BCUT2D eigenvalue weighted by atomic mass is 19.1. The predicted octanol–water partition coefficient (Wildman–Crippen LogP) is 2.50. The van der Waals surface area contributed by atoms with E-state index in [4.69, 9.17) is 0 Å². The van der Waals surface area contributed by atoms with Crippen molar-refractivity contribution in [1.29, 1.82) is 0 Å². The highest BCUT2D eigenvalue weighted by Crippen LogP contribution is 2.42. The molecule has 1 fully saturated rings. The van der Waals surface area contributed by atoms with E-state index in [1.807, 2.05) is 19.2 Å². The topological polar surface area (TPSA) is 53.5 Å². The number of allylic oxidation sites excluding steroid dienone is 3. The minimum Gasteiger partial charge on any atom is -0.352 e. The van der Waals surface area contributed by atoms with Crippen LogP contribution in [0.15, 0.2) is 58.4 Å². The third-order valence-electron chi connectivity index (χ3n) is 4.63. The van der Waals surface area contributed by atoms with E-state index in [0.717, 1.165) is 29.8 Å². The minimum atomic E-state index is -0.415. The van der Waals surface area contributed by atoms with Crippen LogP contribution >= 0.6 is 0 Å². The molecule has 0 spiro atoms. The maximum Gasteiger partial charge on any atom is 0.248 e. The minimum absolute atomic E-state index is 0.198. The molecule has 3 aliphatic rings. The molecule has 0 aromatic heterocycles. The predicted molar refractivity (Wildman–Crippen MR) is 92.0 cm³/mol. The van der Waals surface area contributed by atoms with E-state index in [2.05, 4.69) is 27.8 Å². The van der Waals surface area contributed by atoms with E-state index in [0.29, 0.717) is 17.8 Å². The summed E-state index contributed by atoms with van der Waals surface area (Å²) in [5.74, 6) is -0.822. The van der Waals surface area contributed by atoms with Gasteiger partial charge in [0.05, 0.1) is 17.3 Å². The third-order valence-corrected chi connectivity index (χ3v) is 4.63. The molecule has 1 aromatic rings. The lowest BCUT2D eigenvalue weighted by Gasteiger charge is -2.18. The number of carbonyl (C=O) groups excluding carboxylic acids is 1. The van der Waals surface area contributed by atoms with Crippen LogP contribution in [0.4, 0.5) is 4.39 Å². The molecular weight excluding hydrogens is 305 g/mol. The van der Waals surface area contributed by atoms with Crippen molar-refractivity contribution in [3.8, 4) is 0 Å². The maximum absolute atomic E-state index is 13.9. The van der Waals surface area contributed by atoms with Gasteiger partial charge in [-0.25, -0.2) is 4.39 Å². The molecule has 0 radical (unpaired) electrons. The number of aliphatic imine (C=N–C) groups is 1. The summed E-state index contributed by atoms with van der Waals surface area (Å²) < 4.78 is 13.9. The van der Waals surface area contributed by atoms with Gasteiger partial charge in [-0.2, -0.15) is 0 Å². The standard InChI is InChI=1S/C19H18FN3O/c1-21-10-11-2-4-12(5-3-11)18-14-6-7-22-19(24)15-8-13(20)9-16(23-18)17(14)15/h2-5,8-9,17,21H,6-7,10H2,1H3,(H,22,24)/t17-/m1/s1. The fraction of sp³-hybridized carbons (Fsp3) is 0.263. The van der Waals surface area contributed by atoms with E-state index in [-0.39, 0.29) is 11.8 Å². The van der Waals surface area contributed by atoms with Gasteiger partial charge in [-0.05, 0) is 36.8 Å². The summed E-state index contributed by atoms with van der Waals surface area (Å²) in [5, 5.41) is 5.97. The molecule has 1 atom stereocenters. The summed E-state index contributed by atoms with van der Waals surface area (Å²) in [6.07, 6.45) is 3.50. The number of rotatable bonds is 3. The van der Waals surface area contributed by atoms with Crippen LogP contribution in [-0.2, 0) is 11.3 Å². The van der Waals surface area contributed by atoms with Gasteiger partial charge in [-0.15, -0.1) is 0 Å². The number of amides is 1. The van der Waals surface area contributed by atoms with Gasteiger partial charge in [-0.3, -0.25) is 9.79 Å². The van der Waals surface area contributed by atoms with Gasteiger partial charge >= 0.3 is 0 Å². The lowest BCUT2D eigenvalue weighted by atomic mass is 9.83. The van der Waals surface area contributed by atoms with Crippen LogP contribution < -0.4 is 10.6 Å². The Labute approximate surface area is 139 Å².